The lowest BCUT2D eigenvalue weighted by Crippen LogP contribution is -2.46. The molecule has 17 heavy (non-hydrogen) atoms. The van der Waals surface area contributed by atoms with Gasteiger partial charge < -0.3 is 19.9 Å². The van der Waals surface area contributed by atoms with E-state index in [-0.39, 0.29) is 11.8 Å². The van der Waals surface area contributed by atoms with Gasteiger partial charge in [-0.3, -0.25) is 0 Å². The summed E-state index contributed by atoms with van der Waals surface area (Å²) in [5.41, 5.74) is 6.28. The molecule has 0 unspecified atom stereocenters. The fourth-order valence-corrected chi connectivity index (χ4v) is 1.74. The van der Waals surface area contributed by atoms with Gasteiger partial charge >= 0.3 is 0 Å². The van der Waals surface area contributed by atoms with E-state index in [9.17, 15) is 4.39 Å². The minimum Gasteiger partial charge on any atom is -0.494 e. The van der Waals surface area contributed by atoms with E-state index in [1.165, 1.54) is 13.2 Å². The first-order valence-electron chi connectivity index (χ1n) is 5.42. The van der Waals surface area contributed by atoms with Crippen LogP contribution < -0.4 is 10.5 Å². The number of rotatable bonds is 2. The third kappa shape index (κ3) is 2.41. The maximum absolute atomic E-state index is 13.6. The lowest BCUT2D eigenvalue weighted by molar-refractivity contribution is -0.270. The zero-order chi connectivity index (χ0) is 12.5. The average Bonchev–Trinajstić information content (AvgIpc) is 2.33. The van der Waals surface area contributed by atoms with Crippen LogP contribution >= 0.6 is 0 Å². The standard InChI is InChI=1S/C12H16FNO3/c1-12(16-6-9(14)7-17-12)8-3-4-11(15-2)10(13)5-8/h3-5,9H,6-7,14H2,1-2H3. The molecule has 0 amide bonds. The monoisotopic (exact) mass is 241 g/mol. The zero-order valence-corrected chi connectivity index (χ0v) is 9.90. The Hall–Kier alpha value is -1.17. The Morgan fingerprint density at radius 2 is 2.06 bits per heavy atom. The topological polar surface area (TPSA) is 53.7 Å². The largest absolute Gasteiger partial charge is 0.494 e. The molecule has 0 atom stereocenters. The third-order valence-electron chi connectivity index (χ3n) is 2.82. The molecule has 94 valence electrons. The molecule has 0 bridgehead atoms. The van der Waals surface area contributed by atoms with Crippen molar-refractivity contribution in [2.75, 3.05) is 20.3 Å². The summed E-state index contributed by atoms with van der Waals surface area (Å²) >= 11 is 0. The summed E-state index contributed by atoms with van der Waals surface area (Å²) in [6.45, 7) is 2.54. The van der Waals surface area contributed by atoms with Gasteiger partial charge in [-0.05, 0) is 25.1 Å². The van der Waals surface area contributed by atoms with Crippen LogP contribution in [-0.2, 0) is 15.3 Å². The summed E-state index contributed by atoms with van der Waals surface area (Å²) in [6, 6.07) is 4.50. The highest BCUT2D eigenvalue weighted by molar-refractivity contribution is 5.31. The minimum absolute atomic E-state index is 0.133. The Morgan fingerprint density at radius 1 is 1.41 bits per heavy atom. The Kier molecular flexibility index (Phi) is 3.33. The molecule has 1 fully saturated rings. The number of ether oxygens (including phenoxy) is 3. The summed E-state index contributed by atoms with van der Waals surface area (Å²) in [4.78, 5) is 0. The maximum Gasteiger partial charge on any atom is 0.192 e. The summed E-state index contributed by atoms with van der Waals surface area (Å²) in [7, 11) is 1.42. The first kappa shape index (κ1) is 12.3. The van der Waals surface area contributed by atoms with Crippen molar-refractivity contribution in [3.63, 3.8) is 0 Å². The van der Waals surface area contributed by atoms with Crippen molar-refractivity contribution in [1.82, 2.24) is 0 Å². The SMILES string of the molecule is COc1ccc(C2(C)OCC(N)CO2)cc1F. The molecule has 1 aromatic rings. The number of nitrogens with two attached hydrogens (primary N) is 1. The molecule has 0 spiro atoms. The molecular weight excluding hydrogens is 225 g/mol. The average molecular weight is 241 g/mol. The zero-order valence-electron chi connectivity index (χ0n) is 9.90. The minimum atomic E-state index is -0.941. The van der Waals surface area contributed by atoms with E-state index in [1.807, 2.05) is 0 Å². The molecule has 1 heterocycles. The van der Waals surface area contributed by atoms with Crippen molar-refractivity contribution in [3.05, 3.63) is 29.6 Å². The highest BCUT2D eigenvalue weighted by atomic mass is 19.1. The van der Waals surface area contributed by atoms with Crippen LogP contribution in [0.1, 0.15) is 12.5 Å². The molecule has 5 heteroatoms. The first-order valence-corrected chi connectivity index (χ1v) is 5.42. The van der Waals surface area contributed by atoms with Gasteiger partial charge in [-0.15, -0.1) is 0 Å². The smallest absolute Gasteiger partial charge is 0.192 e. The molecule has 2 rings (SSSR count). The van der Waals surface area contributed by atoms with Crippen molar-refractivity contribution < 1.29 is 18.6 Å². The van der Waals surface area contributed by atoms with E-state index in [4.69, 9.17) is 19.9 Å². The number of benzene rings is 1. The van der Waals surface area contributed by atoms with Crippen molar-refractivity contribution in [1.29, 1.82) is 0 Å². The predicted molar refractivity (Wildman–Crippen MR) is 60.2 cm³/mol. The summed E-state index contributed by atoms with van der Waals surface area (Å²) in [5.74, 6) is -1.18. The van der Waals surface area contributed by atoms with Gasteiger partial charge in [0, 0.05) is 5.56 Å². The molecule has 0 aliphatic carbocycles. The van der Waals surface area contributed by atoms with Gasteiger partial charge in [-0.1, -0.05) is 0 Å². The second kappa shape index (κ2) is 4.60. The highest BCUT2D eigenvalue weighted by Crippen LogP contribution is 2.32. The highest BCUT2D eigenvalue weighted by Gasteiger charge is 2.34. The molecule has 4 nitrogen and oxygen atoms in total. The van der Waals surface area contributed by atoms with E-state index in [0.717, 1.165) is 0 Å². The molecule has 1 aromatic carbocycles. The second-order valence-corrected chi connectivity index (χ2v) is 4.18. The number of hydrogen-bond donors (Lipinski definition) is 1. The fraction of sp³-hybridized carbons (Fsp3) is 0.500. The maximum atomic E-state index is 13.6. The lowest BCUT2D eigenvalue weighted by atomic mass is 10.1. The van der Waals surface area contributed by atoms with Gasteiger partial charge in [-0.25, -0.2) is 4.39 Å². The van der Waals surface area contributed by atoms with Crippen molar-refractivity contribution >= 4 is 0 Å². The molecule has 0 radical (unpaired) electrons. The molecule has 1 aliphatic rings. The predicted octanol–water partition coefficient (Wildman–Crippen LogP) is 1.38. The summed E-state index contributed by atoms with van der Waals surface area (Å²) in [5, 5.41) is 0. The van der Waals surface area contributed by atoms with E-state index in [0.29, 0.717) is 18.8 Å². The lowest BCUT2D eigenvalue weighted by Gasteiger charge is -2.36. The van der Waals surface area contributed by atoms with Crippen LogP contribution in [0, 0.1) is 5.82 Å². The Labute approximate surface area is 99.5 Å². The molecular formula is C12H16FNO3. The van der Waals surface area contributed by atoms with Crippen molar-refractivity contribution in [2.24, 2.45) is 5.73 Å². The van der Waals surface area contributed by atoms with Crippen LogP contribution in [0.15, 0.2) is 18.2 Å². The Balaban J connectivity index is 2.24. The van der Waals surface area contributed by atoms with Gasteiger partial charge in [-0.2, -0.15) is 0 Å². The summed E-state index contributed by atoms with van der Waals surface area (Å²) < 4.78 is 29.5. The Bertz CT molecular complexity index is 403. The normalized spacial score (nSPS) is 29.1. The van der Waals surface area contributed by atoms with Crippen LogP contribution in [0.4, 0.5) is 4.39 Å². The molecule has 0 aromatic heterocycles. The Morgan fingerprint density at radius 3 is 2.59 bits per heavy atom. The quantitative estimate of drug-likeness (QED) is 0.850. The van der Waals surface area contributed by atoms with Crippen LogP contribution in [-0.4, -0.2) is 26.4 Å². The number of hydrogen-bond acceptors (Lipinski definition) is 4. The van der Waals surface area contributed by atoms with Crippen molar-refractivity contribution in [3.8, 4) is 5.75 Å². The van der Waals surface area contributed by atoms with Gasteiger partial charge in [0.25, 0.3) is 0 Å². The van der Waals surface area contributed by atoms with Crippen molar-refractivity contribution in [2.45, 2.75) is 18.8 Å². The third-order valence-corrected chi connectivity index (χ3v) is 2.82. The first-order chi connectivity index (χ1) is 8.05. The fourth-order valence-electron chi connectivity index (χ4n) is 1.74. The number of halogens is 1. The van der Waals surface area contributed by atoms with Gasteiger partial charge in [0.2, 0.25) is 0 Å². The molecule has 1 saturated heterocycles. The number of methoxy groups -OCH3 is 1. The van der Waals surface area contributed by atoms with Crippen LogP contribution in [0.2, 0.25) is 0 Å². The van der Waals surface area contributed by atoms with Gasteiger partial charge in [0.05, 0.1) is 26.4 Å². The van der Waals surface area contributed by atoms with Crippen LogP contribution in [0.5, 0.6) is 5.75 Å². The van der Waals surface area contributed by atoms with Gasteiger partial charge in [0.15, 0.2) is 17.4 Å². The summed E-state index contributed by atoms with van der Waals surface area (Å²) in [6.07, 6.45) is 0. The van der Waals surface area contributed by atoms with E-state index < -0.39 is 11.6 Å². The van der Waals surface area contributed by atoms with Crippen LogP contribution in [0.3, 0.4) is 0 Å². The molecule has 2 N–H and O–H groups in total. The van der Waals surface area contributed by atoms with E-state index >= 15 is 0 Å². The van der Waals surface area contributed by atoms with Gasteiger partial charge in [0.1, 0.15) is 0 Å². The van der Waals surface area contributed by atoms with Crippen LogP contribution in [0.25, 0.3) is 0 Å². The second-order valence-electron chi connectivity index (χ2n) is 4.18. The van der Waals surface area contributed by atoms with E-state index in [1.54, 1.807) is 19.1 Å². The molecule has 1 aliphatic heterocycles. The molecule has 0 saturated carbocycles. The van der Waals surface area contributed by atoms with E-state index in [2.05, 4.69) is 0 Å².